The van der Waals surface area contributed by atoms with Gasteiger partial charge in [-0.1, -0.05) is 61.7 Å². The molecule has 2 aromatic carbocycles. The van der Waals surface area contributed by atoms with E-state index >= 15 is 0 Å². The Balaban J connectivity index is 1.94. The zero-order valence-corrected chi connectivity index (χ0v) is 13.7. The summed E-state index contributed by atoms with van der Waals surface area (Å²) in [5, 5.41) is 5.39. The van der Waals surface area contributed by atoms with Crippen molar-refractivity contribution < 1.29 is 9.47 Å². The number of benzene rings is 2. The van der Waals surface area contributed by atoms with Gasteiger partial charge in [0.15, 0.2) is 0 Å². The molecule has 25 heavy (non-hydrogen) atoms. The van der Waals surface area contributed by atoms with E-state index in [1.807, 2.05) is 42.5 Å². The minimum atomic E-state index is 0.164. The minimum Gasteiger partial charge on any atom is -0.459 e. The number of nitrogens with zero attached hydrogens (tertiary/aromatic N) is 3. The highest BCUT2D eigenvalue weighted by Crippen LogP contribution is 2.26. The van der Waals surface area contributed by atoms with Crippen LogP contribution in [0.15, 0.2) is 67.8 Å². The van der Waals surface area contributed by atoms with Gasteiger partial charge in [-0.15, -0.1) is 4.98 Å². The van der Waals surface area contributed by atoms with Crippen LogP contribution in [0.4, 0.5) is 11.6 Å². The quantitative estimate of drug-likeness (QED) is 0.630. The van der Waals surface area contributed by atoms with Gasteiger partial charge < -0.3 is 14.8 Å². The molecular weight excluding hydrogens is 316 g/mol. The van der Waals surface area contributed by atoms with Crippen LogP contribution in [0.25, 0.3) is 10.8 Å². The van der Waals surface area contributed by atoms with Crippen LogP contribution in [0, 0.1) is 0 Å². The van der Waals surface area contributed by atoms with Crippen LogP contribution in [-0.2, 0) is 0 Å². The van der Waals surface area contributed by atoms with Gasteiger partial charge in [0.05, 0.1) is 0 Å². The molecule has 3 rings (SSSR count). The zero-order chi connectivity index (χ0) is 17.5. The Kier molecular flexibility index (Phi) is 5.21. The lowest BCUT2D eigenvalue weighted by Crippen LogP contribution is -2.07. The standard InChI is InChI=1S/C19H18N4O2/c1-3-12-24-18-21-17(22-19(23-18)25-13-4-2)20-16-11-7-9-14-8-5-6-10-15(14)16/h3-11H,1-2,12-13H2,(H,20,21,22,23). The molecule has 126 valence electrons. The summed E-state index contributed by atoms with van der Waals surface area (Å²) >= 11 is 0. The molecule has 1 N–H and O–H groups in total. The Labute approximate surface area is 145 Å². The molecule has 0 aliphatic heterocycles. The van der Waals surface area contributed by atoms with Crippen molar-refractivity contribution in [3.63, 3.8) is 0 Å². The molecule has 0 radical (unpaired) electrons. The number of fused-ring (bicyclic) bond motifs is 1. The first-order valence-electron chi connectivity index (χ1n) is 7.78. The van der Waals surface area contributed by atoms with E-state index in [1.54, 1.807) is 12.2 Å². The summed E-state index contributed by atoms with van der Waals surface area (Å²) in [6, 6.07) is 14.4. The lowest BCUT2D eigenvalue weighted by Gasteiger charge is -2.11. The molecule has 0 amide bonds. The molecule has 0 spiro atoms. The smallest absolute Gasteiger partial charge is 0.324 e. The van der Waals surface area contributed by atoms with E-state index in [0.29, 0.717) is 19.2 Å². The fraction of sp³-hybridized carbons (Fsp3) is 0.105. The fourth-order valence-electron chi connectivity index (χ4n) is 2.24. The molecule has 1 heterocycles. The van der Waals surface area contributed by atoms with Gasteiger partial charge in [0.25, 0.3) is 0 Å². The predicted octanol–water partition coefficient (Wildman–Crippen LogP) is 3.90. The maximum absolute atomic E-state index is 5.42. The van der Waals surface area contributed by atoms with E-state index in [0.717, 1.165) is 16.5 Å². The highest BCUT2D eigenvalue weighted by atomic mass is 16.5. The summed E-state index contributed by atoms with van der Waals surface area (Å²) in [6.07, 6.45) is 3.23. The van der Waals surface area contributed by atoms with Crippen molar-refractivity contribution in [3.05, 3.63) is 67.8 Å². The Morgan fingerprint density at radius 1 is 0.840 bits per heavy atom. The highest BCUT2D eigenvalue weighted by molar-refractivity contribution is 5.94. The molecular formula is C19H18N4O2. The van der Waals surface area contributed by atoms with Gasteiger partial charge in [0.1, 0.15) is 13.2 Å². The number of aromatic nitrogens is 3. The van der Waals surface area contributed by atoms with Gasteiger partial charge in [0.2, 0.25) is 5.95 Å². The molecule has 3 aromatic rings. The van der Waals surface area contributed by atoms with Gasteiger partial charge in [-0.2, -0.15) is 9.97 Å². The summed E-state index contributed by atoms with van der Waals surface area (Å²) in [7, 11) is 0. The van der Waals surface area contributed by atoms with Crippen LogP contribution < -0.4 is 14.8 Å². The fourth-order valence-corrected chi connectivity index (χ4v) is 2.24. The van der Waals surface area contributed by atoms with Gasteiger partial charge in [0, 0.05) is 11.1 Å². The van der Waals surface area contributed by atoms with E-state index in [9.17, 15) is 0 Å². The number of anilines is 2. The minimum absolute atomic E-state index is 0.164. The summed E-state index contributed by atoms with van der Waals surface area (Å²) in [5.41, 5.74) is 0.883. The van der Waals surface area contributed by atoms with E-state index in [4.69, 9.17) is 9.47 Å². The van der Waals surface area contributed by atoms with Crippen LogP contribution in [0.2, 0.25) is 0 Å². The molecule has 6 nitrogen and oxygen atoms in total. The average molecular weight is 334 g/mol. The number of rotatable bonds is 8. The lowest BCUT2D eigenvalue weighted by molar-refractivity contribution is 0.299. The predicted molar refractivity (Wildman–Crippen MR) is 98.4 cm³/mol. The number of hydrogen-bond acceptors (Lipinski definition) is 6. The Hall–Kier alpha value is -3.41. The summed E-state index contributed by atoms with van der Waals surface area (Å²) in [5.74, 6) is 0.337. The molecule has 0 saturated carbocycles. The first-order valence-corrected chi connectivity index (χ1v) is 7.78. The lowest BCUT2D eigenvalue weighted by atomic mass is 10.1. The van der Waals surface area contributed by atoms with E-state index in [1.165, 1.54) is 0 Å². The van der Waals surface area contributed by atoms with Crippen molar-refractivity contribution in [2.75, 3.05) is 18.5 Å². The maximum atomic E-state index is 5.42. The second-order valence-corrected chi connectivity index (χ2v) is 5.08. The number of ether oxygens (including phenoxy) is 2. The van der Waals surface area contributed by atoms with Gasteiger partial charge in [-0.25, -0.2) is 0 Å². The van der Waals surface area contributed by atoms with Crippen molar-refractivity contribution in [2.45, 2.75) is 0 Å². The number of hydrogen-bond donors (Lipinski definition) is 1. The average Bonchev–Trinajstić information content (AvgIpc) is 2.65. The normalized spacial score (nSPS) is 10.2. The Morgan fingerprint density at radius 2 is 1.48 bits per heavy atom. The van der Waals surface area contributed by atoms with Crippen LogP contribution in [-0.4, -0.2) is 28.2 Å². The Morgan fingerprint density at radius 3 is 2.16 bits per heavy atom. The highest BCUT2D eigenvalue weighted by Gasteiger charge is 2.10. The second-order valence-electron chi connectivity index (χ2n) is 5.08. The molecule has 6 heteroatoms. The van der Waals surface area contributed by atoms with E-state index < -0.39 is 0 Å². The molecule has 0 unspecified atom stereocenters. The van der Waals surface area contributed by atoms with Crippen molar-refractivity contribution in [1.82, 2.24) is 15.0 Å². The first-order chi connectivity index (χ1) is 12.3. The summed E-state index contributed by atoms with van der Waals surface area (Å²) in [6.45, 7) is 7.81. The summed E-state index contributed by atoms with van der Waals surface area (Å²) < 4.78 is 10.8. The van der Waals surface area contributed by atoms with E-state index in [-0.39, 0.29) is 12.0 Å². The van der Waals surface area contributed by atoms with Gasteiger partial charge in [-0.05, 0) is 11.5 Å². The largest absolute Gasteiger partial charge is 0.459 e. The van der Waals surface area contributed by atoms with Crippen molar-refractivity contribution >= 4 is 22.4 Å². The zero-order valence-electron chi connectivity index (χ0n) is 13.7. The van der Waals surface area contributed by atoms with Crippen molar-refractivity contribution in [2.24, 2.45) is 0 Å². The third kappa shape index (κ3) is 4.11. The monoisotopic (exact) mass is 334 g/mol. The van der Waals surface area contributed by atoms with Gasteiger partial charge >= 0.3 is 12.0 Å². The maximum Gasteiger partial charge on any atom is 0.324 e. The van der Waals surface area contributed by atoms with E-state index in [2.05, 4.69) is 33.4 Å². The van der Waals surface area contributed by atoms with Crippen LogP contribution in [0.3, 0.4) is 0 Å². The van der Waals surface area contributed by atoms with Crippen LogP contribution in [0.5, 0.6) is 12.0 Å². The molecule has 0 atom stereocenters. The topological polar surface area (TPSA) is 69.2 Å². The van der Waals surface area contributed by atoms with Crippen LogP contribution in [0.1, 0.15) is 0 Å². The first kappa shape index (κ1) is 16.4. The molecule has 0 saturated heterocycles. The van der Waals surface area contributed by atoms with Crippen molar-refractivity contribution in [3.8, 4) is 12.0 Å². The summed E-state index contributed by atoms with van der Waals surface area (Å²) in [4.78, 5) is 12.7. The third-order valence-electron chi connectivity index (χ3n) is 3.29. The molecule has 1 aromatic heterocycles. The molecule has 0 fully saturated rings. The van der Waals surface area contributed by atoms with Crippen molar-refractivity contribution in [1.29, 1.82) is 0 Å². The number of nitrogens with one attached hydrogen (secondary N) is 1. The van der Waals surface area contributed by atoms with Gasteiger partial charge in [-0.3, -0.25) is 0 Å². The third-order valence-corrected chi connectivity index (χ3v) is 3.29. The van der Waals surface area contributed by atoms with Crippen LogP contribution >= 0.6 is 0 Å². The molecule has 0 aliphatic rings. The SMILES string of the molecule is C=CCOc1nc(Nc2cccc3ccccc23)nc(OCC=C)n1. The molecule has 0 aliphatic carbocycles. The molecule has 0 bridgehead atoms. The Bertz CT molecular complexity index is 860. The second kappa shape index (κ2) is 7.92.